The first kappa shape index (κ1) is 11.8. The van der Waals surface area contributed by atoms with Gasteiger partial charge in [0.25, 0.3) is 5.91 Å². The minimum Gasteiger partial charge on any atom is -0.340 e. The molecular weight excluding hydrogens is 284 g/mol. The van der Waals surface area contributed by atoms with Gasteiger partial charge in [0, 0.05) is 13.2 Å². The number of carbonyl (C=O) groups is 1. The van der Waals surface area contributed by atoms with Gasteiger partial charge in [0.1, 0.15) is 10.3 Å². The number of rotatable bonds is 2. The first-order valence-corrected chi connectivity index (χ1v) is 5.78. The number of aromatic nitrogens is 3. The zero-order valence-electron chi connectivity index (χ0n) is 9.44. The van der Waals surface area contributed by atoms with Gasteiger partial charge in [-0.05, 0) is 35.0 Å². The summed E-state index contributed by atoms with van der Waals surface area (Å²) >= 11 is 3.27. The minimum absolute atomic E-state index is 0.238. The highest BCUT2D eigenvalue weighted by Gasteiger charge is 2.10. The molecule has 2 heterocycles. The van der Waals surface area contributed by atoms with Crippen molar-refractivity contribution < 1.29 is 4.79 Å². The van der Waals surface area contributed by atoms with E-state index in [0.29, 0.717) is 11.4 Å². The van der Waals surface area contributed by atoms with E-state index >= 15 is 0 Å². The molecule has 6 heteroatoms. The maximum Gasteiger partial charge on any atom is 0.275 e. The second-order valence-corrected chi connectivity index (χ2v) is 4.46. The Hall–Kier alpha value is -1.69. The predicted molar refractivity (Wildman–Crippen MR) is 67.8 cm³/mol. The molecule has 1 amide bonds. The van der Waals surface area contributed by atoms with Crippen molar-refractivity contribution >= 4 is 27.5 Å². The molecule has 17 heavy (non-hydrogen) atoms. The van der Waals surface area contributed by atoms with Crippen LogP contribution in [0.4, 0.5) is 5.69 Å². The molecule has 0 saturated heterocycles. The molecule has 0 spiro atoms. The van der Waals surface area contributed by atoms with Gasteiger partial charge in [-0.15, -0.1) is 0 Å². The Kier molecular flexibility index (Phi) is 3.23. The van der Waals surface area contributed by atoms with Crippen LogP contribution in [0.15, 0.2) is 29.3 Å². The van der Waals surface area contributed by atoms with E-state index in [4.69, 9.17) is 0 Å². The molecular formula is C11H11BrN4O. The van der Waals surface area contributed by atoms with Crippen molar-refractivity contribution in [2.45, 2.75) is 6.92 Å². The van der Waals surface area contributed by atoms with E-state index in [1.54, 1.807) is 29.2 Å². The Morgan fingerprint density at radius 2 is 2.24 bits per heavy atom. The van der Waals surface area contributed by atoms with Gasteiger partial charge in [-0.1, -0.05) is 0 Å². The highest BCUT2D eigenvalue weighted by molar-refractivity contribution is 9.10. The average molecular weight is 295 g/mol. The summed E-state index contributed by atoms with van der Waals surface area (Å²) in [5.41, 5.74) is 1.82. The third-order valence-electron chi connectivity index (χ3n) is 2.24. The summed E-state index contributed by atoms with van der Waals surface area (Å²) < 4.78 is 2.47. The van der Waals surface area contributed by atoms with Crippen molar-refractivity contribution in [3.05, 3.63) is 40.6 Å². The zero-order chi connectivity index (χ0) is 12.4. The van der Waals surface area contributed by atoms with Gasteiger partial charge in [-0.3, -0.25) is 4.79 Å². The Morgan fingerprint density at radius 1 is 1.47 bits per heavy atom. The van der Waals surface area contributed by atoms with Crippen LogP contribution < -0.4 is 5.32 Å². The average Bonchev–Trinajstić information content (AvgIpc) is 2.69. The standard InChI is InChI=1S/C11H11BrN4O/c1-7-8(3-4-10(12)14-7)15-11(17)9-5-16(2)6-13-9/h3-6H,1-2H3,(H,15,17). The highest BCUT2D eigenvalue weighted by atomic mass is 79.9. The molecule has 2 aromatic heterocycles. The quantitative estimate of drug-likeness (QED) is 0.863. The van der Waals surface area contributed by atoms with E-state index in [-0.39, 0.29) is 5.91 Å². The van der Waals surface area contributed by atoms with Gasteiger partial charge in [0.05, 0.1) is 17.7 Å². The van der Waals surface area contributed by atoms with Gasteiger partial charge in [0.2, 0.25) is 0 Å². The lowest BCUT2D eigenvalue weighted by molar-refractivity contribution is 0.102. The lowest BCUT2D eigenvalue weighted by Crippen LogP contribution is -2.13. The summed E-state index contributed by atoms with van der Waals surface area (Å²) in [6.45, 7) is 1.83. The van der Waals surface area contributed by atoms with Crippen molar-refractivity contribution in [1.29, 1.82) is 0 Å². The van der Waals surface area contributed by atoms with Crippen LogP contribution in [0.25, 0.3) is 0 Å². The van der Waals surface area contributed by atoms with E-state index < -0.39 is 0 Å². The normalized spacial score (nSPS) is 10.3. The van der Waals surface area contributed by atoms with E-state index in [9.17, 15) is 4.79 Å². The molecule has 0 aliphatic carbocycles. The van der Waals surface area contributed by atoms with Gasteiger partial charge in [-0.2, -0.15) is 0 Å². The van der Waals surface area contributed by atoms with Crippen LogP contribution in [0.5, 0.6) is 0 Å². The van der Waals surface area contributed by atoms with Crippen LogP contribution in [0.3, 0.4) is 0 Å². The molecule has 0 fully saturated rings. The van der Waals surface area contributed by atoms with Crippen molar-refractivity contribution in [1.82, 2.24) is 14.5 Å². The molecule has 0 aliphatic heterocycles. The summed E-state index contributed by atoms with van der Waals surface area (Å²) in [5.74, 6) is -0.238. The number of hydrogen-bond acceptors (Lipinski definition) is 3. The van der Waals surface area contributed by atoms with Gasteiger partial charge in [0.15, 0.2) is 0 Å². The van der Waals surface area contributed by atoms with Gasteiger partial charge >= 0.3 is 0 Å². The Balaban J connectivity index is 2.18. The number of amides is 1. The fraction of sp³-hybridized carbons (Fsp3) is 0.182. The van der Waals surface area contributed by atoms with Gasteiger partial charge < -0.3 is 9.88 Å². The summed E-state index contributed by atoms with van der Waals surface area (Å²) in [6.07, 6.45) is 3.25. The summed E-state index contributed by atoms with van der Waals surface area (Å²) in [7, 11) is 1.82. The van der Waals surface area contributed by atoms with Crippen LogP contribution in [-0.2, 0) is 7.05 Å². The van der Waals surface area contributed by atoms with Crippen molar-refractivity contribution in [2.75, 3.05) is 5.32 Å². The SMILES string of the molecule is Cc1nc(Br)ccc1NC(=O)c1cn(C)cn1. The van der Waals surface area contributed by atoms with Crippen LogP contribution in [-0.4, -0.2) is 20.4 Å². The molecule has 0 saturated carbocycles. The van der Waals surface area contributed by atoms with Crippen LogP contribution in [0.1, 0.15) is 16.2 Å². The smallest absolute Gasteiger partial charge is 0.275 e. The number of nitrogens with one attached hydrogen (secondary N) is 1. The second-order valence-electron chi connectivity index (χ2n) is 3.65. The third-order valence-corrected chi connectivity index (χ3v) is 2.68. The molecule has 1 N–H and O–H groups in total. The maximum absolute atomic E-state index is 11.8. The van der Waals surface area contributed by atoms with E-state index in [2.05, 4.69) is 31.2 Å². The molecule has 0 radical (unpaired) electrons. The van der Waals surface area contributed by atoms with Crippen molar-refractivity contribution in [3.8, 4) is 0 Å². The first-order chi connectivity index (χ1) is 8.06. The summed E-state index contributed by atoms with van der Waals surface area (Å²) in [4.78, 5) is 20.0. The topological polar surface area (TPSA) is 59.8 Å². The van der Waals surface area contributed by atoms with Crippen LogP contribution in [0, 0.1) is 6.92 Å². The zero-order valence-corrected chi connectivity index (χ0v) is 11.0. The fourth-order valence-corrected chi connectivity index (χ4v) is 1.78. The minimum atomic E-state index is -0.238. The highest BCUT2D eigenvalue weighted by Crippen LogP contribution is 2.16. The molecule has 5 nitrogen and oxygen atoms in total. The Bertz CT molecular complexity index is 564. The van der Waals surface area contributed by atoms with Crippen LogP contribution >= 0.6 is 15.9 Å². The largest absolute Gasteiger partial charge is 0.340 e. The number of carbonyl (C=O) groups excluding carboxylic acids is 1. The Morgan fingerprint density at radius 3 is 2.82 bits per heavy atom. The Labute approximate surface area is 107 Å². The maximum atomic E-state index is 11.8. The number of anilines is 1. The molecule has 0 unspecified atom stereocenters. The van der Waals surface area contributed by atoms with Crippen LogP contribution in [0.2, 0.25) is 0 Å². The number of imidazole rings is 1. The monoisotopic (exact) mass is 294 g/mol. The van der Waals surface area contributed by atoms with Crippen molar-refractivity contribution in [3.63, 3.8) is 0 Å². The third kappa shape index (κ3) is 2.71. The van der Waals surface area contributed by atoms with E-state index in [1.165, 1.54) is 0 Å². The first-order valence-electron chi connectivity index (χ1n) is 4.99. The molecule has 88 valence electrons. The van der Waals surface area contributed by atoms with E-state index in [0.717, 1.165) is 10.3 Å². The predicted octanol–water partition coefficient (Wildman–Crippen LogP) is 2.14. The fourth-order valence-electron chi connectivity index (χ4n) is 1.38. The molecule has 2 rings (SSSR count). The van der Waals surface area contributed by atoms with E-state index in [1.807, 2.05) is 14.0 Å². The van der Waals surface area contributed by atoms with Gasteiger partial charge in [-0.25, -0.2) is 9.97 Å². The molecule has 0 aromatic carbocycles. The number of halogens is 1. The molecule has 2 aromatic rings. The number of hydrogen-bond donors (Lipinski definition) is 1. The summed E-state index contributed by atoms with van der Waals surface area (Å²) in [5, 5.41) is 2.77. The number of pyridine rings is 1. The molecule has 0 atom stereocenters. The second kappa shape index (κ2) is 4.67. The lowest BCUT2D eigenvalue weighted by Gasteiger charge is -2.06. The van der Waals surface area contributed by atoms with Crippen molar-refractivity contribution in [2.24, 2.45) is 7.05 Å². The lowest BCUT2D eigenvalue weighted by atomic mass is 10.3. The molecule has 0 bridgehead atoms. The number of aryl methyl sites for hydroxylation is 2. The molecule has 0 aliphatic rings. The summed E-state index contributed by atoms with van der Waals surface area (Å²) in [6, 6.07) is 3.58. The number of nitrogens with zero attached hydrogens (tertiary/aromatic N) is 3.